The summed E-state index contributed by atoms with van der Waals surface area (Å²) in [6, 6.07) is 10.4. The molecule has 0 aliphatic rings. The first-order chi connectivity index (χ1) is 8.15. The van der Waals surface area contributed by atoms with Gasteiger partial charge in [-0.15, -0.1) is 0 Å². The molecule has 0 N–H and O–H groups in total. The predicted octanol–water partition coefficient (Wildman–Crippen LogP) is 3.85. The van der Waals surface area contributed by atoms with E-state index in [-0.39, 0.29) is 11.6 Å². The van der Waals surface area contributed by atoms with Gasteiger partial charge >= 0.3 is 0 Å². The normalized spacial score (nSPS) is 10.3. The second-order valence-corrected chi connectivity index (χ2v) is 3.81. The SMILES string of the molecule is Cc1cc(F)ccc1COc1ccc(F)cc1. The quantitative estimate of drug-likeness (QED) is 0.783. The molecule has 0 radical (unpaired) electrons. The zero-order valence-electron chi connectivity index (χ0n) is 9.41. The molecule has 0 spiro atoms. The van der Waals surface area contributed by atoms with Crippen LogP contribution in [0.1, 0.15) is 11.1 Å². The highest BCUT2D eigenvalue weighted by Crippen LogP contribution is 2.16. The molecule has 3 heteroatoms. The summed E-state index contributed by atoms with van der Waals surface area (Å²) in [4.78, 5) is 0. The van der Waals surface area contributed by atoms with E-state index in [0.717, 1.165) is 11.1 Å². The highest BCUT2D eigenvalue weighted by molar-refractivity contribution is 5.27. The van der Waals surface area contributed by atoms with Gasteiger partial charge in [-0.05, 0) is 54.4 Å². The van der Waals surface area contributed by atoms with Crippen LogP contribution in [-0.4, -0.2) is 0 Å². The number of hydrogen-bond acceptors (Lipinski definition) is 1. The van der Waals surface area contributed by atoms with Crippen molar-refractivity contribution in [2.24, 2.45) is 0 Å². The average Bonchev–Trinajstić information content (AvgIpc) is 2.30. The van der Waals surface area contributed by atoms with E-state index in [1.54, 1.807) is 18.2 Å². The van der Waals surface area contributed by atoms with Crippen LogP contribution in [0.2, 0.25) is 0 Å². The zero-order chi connectivity index (χ0) is 12.3. The van der Waals surface area contributed by atoms with Crippen LogP contribution in [-0.2, 0) is 6.61 Å². The van der Waals surface area contributed by atoms with Crippen LogP contribution in [0.15, 0.2) is 42.5 Å². The summed E-state index contributed by atoms with van der Waals surface area (Å²) in [5.41, 5.74) is 1.75. The largest absolute Gasteiger partial charge is 0.489 e. The highest BCUT2D eigenvalue weighted by Gasteiger charge is 2.01. The molecule has 88 valence electrons. The smallest absolute Gasteiger partial charge is 0.123 e. The molecule has 0 saturated heterocycles. The Hall–Kier alpha value is -1.90. The third-order valence-electron chi connectivity index (χ3n) is 2.51. The van der Waals surface area contributed by atoms with E-state index in [1.807, 2.05) is 6.92 Å². The van der Waals surface area contributed by atoms with E-state index in [9.17, 15) is 8.78 Å². The number of hydrogen-bond donors (Lipinski definition) is 0. The Balaban J connectivity index is 2.04. The van der Waals surface area contributed by atoms with E-state index in [1.165, 1.54) is 24.3 Å². The maximum absolute atomic E-state index is 12.9. The van der Waals surface area contributed by atoms with Gasteiger partial charge in [0.1, 0.15) is 24.0 Å². The fraction of sp³-hybridized carbons (Fsp3) is 0.143. The lowest BCUT2D eigenvalue weighted by Crippen LogP contribution is -1.98. The molecule has 0 saturated carbocycles. The first-order valence-electron chi connectivity index (χ1n) is 5.28. The van der Waals surface area contributed by atoms with Gasteiger partial charge in [0.15, 0.2) is 0 Å². The van der Waals surface area contributed by atoms with Crippen molar-refractivity contribution in [1.82, 2.24) is 0 Å². The fourth-order valence-corrected chi connectivity index (χ4v) is 1.51. The molecular formula is C14H12F2O. The van der Waals surface area contributed by atoms with Gasteiger partial charge in [-0.2, -0.15) is 0 Å². The molecule has 0 unspecified atom stereocenters. The topological polar surface area (TPSA) is 9.23 Å². The Morgan fingerprint density at radius 2 is 1.59 bits per heavy atom. The van der Waals surface area contributed by atoms with Gasteiger partial charge in [-0.25, -0.2) is 8.78 Å². The molecule has 0 atom stereocenters. The van der Waals surface area contributed by atoms with Gasteiger partial charge in [0.2, 0.25) is 0 Å². The van der Waals surface area contributed by atoms with Crippen LogP contribution in [0.25, 0.3) is 0 Å². The predicted molar refractivity (Wildman–Crippen MR) is 61.9 cm³/mol. The van der Waals surface area contributed by atoms with Crippen LogP contribution in [0, 0.1) is 18.6 Å². The van der Waals surface area contributed by atoms with E-state index in [2.05, 4.69) is 0 Å². The van der Waals surface area contributed by atoms with Gasteiger partial charge < -0.3 is 4.74 Å². The molecule has 2 aromatic carbocycles. The van der Waals surface area contributed by atoms with Crippen molar-refractivity contribution < 1.29 is 13.5 Å². The maximum atomic E-state index is 12.9. The van der Waals surface area contributed by atoms with Crippen LogP contribution in [0.5, 0.6) is 5.75 Å². The third kappa shape index (κ3) is 3.03. The summed E-state index contributed by atoms with van der Waals surface area (Å²) in [5.74, 6) is 0.0402. The van der Waals surface area contributed by atoms with Crippen molar-refractivity contribution in [3.05, 3.63) is 65.2 Å². The van der Waals surface area contributed by atoms with Crippen molar-refractivity contribution in [3.63, 3.8) is 0 Å². The Labute approximate surface area is 98.7 Å². The van der Waals surface area contributed by atoms with Crippen LogP contribution >= 0.6 is 0 Å². The number of ether oxygens (including phenoxy) is 1. The monoisotopic (exact) mass is 234 g/mol. The number of halogens is 2. The molecular weight excluding hydrogens is 222 g/mol. The second kappa shape index (κ2) is 4.95. The molecule has 0 heterocycles. The molecule has 0 aromatic heterocycles. The van der Waals surface area contributed by atoms with E-state index >= 15 is 0 Å². The van der Waals surface area contributed by atoms with Crippen LogP contribution < -0.4 is 4.74 Å². The summed E-state index contributed by atoms with van der Waals surface area (Å²) in [6.45, 7) is 2.17. The second-order valence-electron chi connectivity index (χ2n) is 3.81. The van der Waals surface area contributed by atoms with E-state index in [0.29, 0.717) is 12.4 Å². The summed E-state index contributed by atoms with van der Waals surface area (Å²) in [5, 5.41) is 0. The van der Waals surface area contributed by atoms with Crippen molar-refractivity contribution >= 4 is 0 Å². The first kappa shape index (κ1) is 11.6. The third-order valence-corrected chi connectivity index (χ3v) is 2.51. The molecule has 0 bridgehead atoms. The van der Waals surface area contributed by atoms with E-state index < -0.39 is 0 Å². The average molecular weight is 234 g/mol. The van der Waals surface area contributed by atoms with Crippen molar-refractivity contribution in [2.45, 2.75) is 13.5 Å². The standard InChI is InChI=1S/C14H12F2O/c1-10-8-13(16)3-2-11(10)9-17-14-6-4-12(15)5-7-14/h2-8H,9H2,1H3. The number of rotatable bonds is 3. The van der Waals surface area contributed by atoms with Gasteiger partial charge in [0.25, 0.3) is 0 Å². The molecule has 17 heavy (non-hydrogen) atoms. The number of benzene rings is 2. The molecule has 0 amide bonds. The molecule has 2 rings (SSSR count). The fourth-order valence-electron chi connectivity index (χ4n) is 1.51. The van der Waals surface area contributed by atoms with E-state index in [4.69, 9.17) is 4.74 Å². The van der Waals surface area contributed by atoms with Crippen molar-refractivity contribution in [1.29, 1.82) is 0 Å². The Bertz CT molecular complexity index is 506. The molecule has 0 fully saturated rings. The minimum absolute atomic E-state index is 0.256. The maximum Gasteiger partial charge on any atom is 0.123 e. The molecule has 1 nitrogen and oxygen atoms in total. The van der Waals surface area contributed by atoms with Crippen molar-refractivity contribution in [3.8, 4) is 5.75 Å². The summed E-state index contributed by atoms with van der Waals surface area (Å²) < 4.78 is 31.0. The first-order valence-corrected chi connectivity index (χ1v) is 5.28. The summed E-state index contributed by atoms with van der Waals surface area (Å²) in [6.07, 6.45) is 0. The Morgan fingerprint density at radius 3 is 2.24 bits per heavy atom. The summed E-state index contributed by atoms with van der Waals surface area (Å²) in [7, 11) is 0. The Morgan fingerprint density at radius 1 is 0.941 bits per heavy atom. The minimum Gasteiger partial charge on any atom is -0.489 e. The van der Waals surface area contributed by atoms with Gasteiger partial charge in [0.05, 0.1) is 0 Å². The van der Waals surface area contributed by atoms with Crippen LogP contribution in [0.3, 0.4) is 0 Å². The zero-order valence-corrected chi connectivity index (χ0v) is 9.41. The summed E-state index contributed by atoms with van der Waals surface area (Å²) >= 11 is 0. The van der Waals surface area contributed by atoms with Gasteiger partial charge in [-0.3, -0.25) is 0 Å². The van der Waals surface area contributed by atoms with Crippen molar-refractivity contribution in [2.75, 3.05) is 0 Å². The molecule has 0 aliphatic heterocycles. The minimum atomic E-state index is -0.296. The molecule has 2 aromatic rings. The number of aryl methyl sites for hydroxylation is 1. The van der Waals surface area contributed by atoms with Crippen LogP contribution in [0.4, 0.5) is 8.78 Å². The van der Waals surface area contributed by atoms with Gasteiger partial charge in [0, 0.05) is 0 Å². The Kier molecular flexibility index (Phi) is 3.38. The highest BCUT2D eigenvalue weighted by atomic mass is 19.1. The lowest BCUT2D eigenvalue weighted by Gasteiger charge is -2.08. The lowest BCUT2D eigenvalue weighted by atomic mass is 10.1. The lowest BCUT2D eigenvalue weighted by molar-refractivity contribution is 0.305. The van der Waals surface area contributed by atoms with Gasteiger partial charge in [-0.1, -0.05) is 6.07 Å². The molecule has 0 aliphatic carbocycles.